The van der Waals surface area contributed by atoms with Gasteiger partial charge in [0.1, 0.15) is 6.10 Å². The van der Waals surface area contributed by atoms with E-state index in [2.05, 4.69) is 27.4 Å². The molecule has 0 amide bonds. The van der Waals surface area contributed by atoms with Gasteiger partial charge in [-0.15, -0.1) is 0 Å². The van der Waals surface area contributed by atoms with E-state index in [1.165, 1.54) is 0 Å². The van der Waals surface area contributed by atoms with Crippen molar-refractivity contribution >= 4 is 5.97 Å². The van der Waals surface area contributed by atoms with E-state index >= 15 is 0 Å². The van der Waals surface area contributed by atoms with Gasteiger partial charge in [-0.05, 0) is 31.1 Å². The third kappa shape index (κ3) is 1.48. The summed E-state index contributed by atoms with van der Waals surface area (Å²) in [5.74, 6) is -0.158. The topological polar surface area (TPSA) is 46.5 Å². The summed E-state index contributed by atoms with van der Waals surface area (Å²) in [5, 5.41) is 10.3. The van der Waals surface area contributed by atoms with Crippen LogP contribution in [0.25, 0.3) is 0 Å². The molecule has 17 heavy (non-hydrogen) atoms. The van der Waals surface area contributed by atoms with Crippen molar-refractivity contribution in [3.63, 3.8) is 0 Å². The van der Waals surface area contributed by atoms with Crippen LogP contribution >= 0.6 is 0 Å². The summed E-state index contributed by atoms with van der Waals surface area (Å²) in [5.41, 5.74) is 0.288. The summed E-state index contributed by atoms with van der Waals surface area (Å²) < 4.78 is 5.47. The van der Waals surface area contributed by atoms with Crippen LogP contribution in [0.3, 0.4) is 0 Å². The zero-order valence-corrected chi connectivity index (χ0v) is 11.1. The van der Waals surface area contributed by atoms with Gasteiger partial charge in [0.25, 0.3) is 0 Å². The van der Waals surface area contributed by atoms with Crippen LogP contribution in [-0.4, -0.2) is 23.3 Å². The van der Waals surface area contributed by atoms with Crippen molar-refractivity contribution in [2.45, 2.75) is 52.7 Å². The first-order chi connectivity index (χ1) is 7.72. The Hall–Kier alpha value is -0.830. The first-order valence-electron chi connectivity index (χ1n) is 6.26. The predicted octanol–water partition coefficient (Wildman–Crippen LogP) is 2.29. The summed E-state index contributed by atoms with van der Waals surface area (Å²) in [7, 11) is 0. The molecule has 3 heteroatoms. The number of aliphatic hydroxyl groups is 1. The highest BCUT2D eigenvalue weighted by molar-refractivity contribution is 5.87. The van der Waals surface area contributed by atoms with Crippen LogP contribution < -0.4 is 0 Å². The summed E-state index contributed by atoms with van der Waals surface area (Å²) in [6.07, 6.45) is 1.11. The third-order valence-corrected chi connectivity index (χ3v) is 5.31. The van der Waals surface area contributed by atoms with Gasteiger partial charge >= 0.3 is 5.97 Å². The van der Waals surface area contributed by atoms with E-state index in [0.717, 1.165) is 12.8 Å². The van der Waals surface area contributed by atoms with E-state index in [-0.39, 0.29) is 22.9 Å². The van der Waals surface area contributed by atoms with Crippen molar-refractivity contribution in [3.8, 4) is 0 Å². The first-order valence-corrected chi connectivity index (χ1v) is 6.26. The van der Waals surface area contributed by atoms with Crippen LogP contribution in [0.15, 0.2) is 12.2 Å². The van der Waals surface area contributed by atoms with Gasteiger partial charge in [-0.3, -0.25) is 0 Å². The van der Waals surface area contributed by atoms with Gasteiger partial charge in [0.05, 0.1) is 6.10 Å². The number of rotatable bonds is 2. The Balaban J connectivity index is 2.26. The van der Waals surface area contributed by atoms with E-state index < -0.39 is 12.1 Å². The van der Waals surface area contributed by atoms with E-state index in [4.69, 9.17) is 4.74 Å². The molecule has 3 nitrogen and oxygen atoms in total. The second-order valence-electron chi connectivity index (χ2n) is 6.38. The molecule has 4 unspecified atom stereocenters. The Labute approximate surface area is 103 Å². The molecule has 2 rings (SSSR count). The molecule has 0 saturated heterocycles. The Kier molecular flexibility index (Phi) is 2.66. The van der Waals surface area contributed by atoms with E-state index in [0.29, 0.717) is 5.57 Å². The maximum atomic E-state index is 11.6. The van der Waals surface area contributed by atoms with Crippen LogP contribution in [-0.2, 0) is 9.53 Å². The second kappa shape index (κ2) is 3.58. The maximum Gasteiger partial charge on any atom is 0.333 e. The number of carbonyl (C=O) groups excluding carboxylic acids is 1. The molecule has 0 aromatic heterocycles. The molecule has 0 aromatic rings. The molecule has 2 aliphatic rings. The van der Waals surface area contributed by atoms with Crippen molar-refractivity contribution in [3.05, 3.63) is 12.2 Å². The fourth-order valence-electron chi connectivity index (χ4n) is 3.67. The molecule has 0 heterocycles. The Bertz CT molecular complexity index is 372. The van der Waals surface area contributed by atoms with Crippen LogP contribution in [0, 0.1) is 16.7 Å². The van der Waals surface area contributed by atoms with E-state index in [1.54, 1.807) is 6.92 Å². The van der Waals surface area contributed by atoms with Crippen LogP contribution in [0.5, 0.6) is 0 Å². The largest absolute Gasteiger partial charge is 0.456 e. The average Bonchev–Trinajstić information content (AvgIpc) is 2.51. The lowest BCUT2D eigenvalue weighted by atomic mass is 9.70. The lowest BCUT2D eigenvalue weighted by molar-refractivity contribution is -0.160. The average molecular weight is 238 g/mol. The minimum atomic E-state index is -0.535. The number of carbonyl (C=O) groups is 1. The molecular formula is C14H22O3. The summed E-state index contributed by atoms with van der Waals surface area (Å²) >= 11 is 0. The van der Waals surface area contributed by atoms with Gasteiger partial charge in [-0.25, -0.2) is 4.79 Å². The quantitative estimate of drug-likeness (QED) is 0.593. The zero-order valence-electron chi connectivity index (χ0n) is 11.1. The van der Waals surface area contributed by atoms with Crippen molar-refractivity contribution < 1.29 is 14.6 Å². The SMILES string of the molecule is C=C(C)C(=O)OC1C(O)C2CCC1(C)C2(C)C. The summed E-state index contributed by atoms with van der Waals surface area (Å²) in [6, 6.07) is 0. The van der Waals surface area contributed by atoms with Crippen molar-refractivity contribution in [2.24, 2.45) is 16.7 Å². The number of hydrogen-bond acceptors (Lipinski definition) is 3. The Morgan fingerprint density at radius 2 is 2.00 bits per heavy atom. The number of hydrogen-bond donors (Lipinski definition) is 1. The molecule has 2 saturated carbocycles. The lowest BCUT2D eigenvalue weighted by Gasteiger charge is -2.38. The van der Waals surface area contributed by atoms with Gasteiger partial charge < -0.3 is 9.84 Å². The molecule has 0 aromatic carbocycles. The highest BCUT2D eigenvalue weighted by Gasteiger charge is 2.67. The first kappa shape index (κ1) is 12.6. The highest BCUT2D eigenvalue weighted by Crippen LogP contribution is 2.66. The molecule has 0 spiro atoms. The maximum absolute atomic E-state index is 11.6. The Morgan fingerprint density at radius 3 is 2.41 bits per heavy atom. The number of fused-ring (bicyclic) bond motifs is 2. The summed E-state index contributed by atoms with van der Waals surface area (Å²) in [4.78, 5) is 11.6. The molecule has 2 aliphatic carbocycles. The van der Waals surface area contributed by atoms with Gasteiger partial charge in [-0.1, -0.05) is 27.4 Å². The van der Waals surface area contributed by atoms with Crippen LogP contribution in [0.2, 0.25) is 0 Å². The number of esters is 1. The molecule has 96 valence electrons. The number of ether oxygens (including phenoxy) is 1. The molecule has 2 fully saturated rings. The van der Waals surface area contributed by atoms with Crippen LogP contribution in [0.1, 0.15) is 40.5 Å². The summed E-state index contributed by atoms with van der Waals surface area (Å²) in [6.45, 7) is 11.7. The van der Waals surface area contributed by atoms with Crippen molar-refractivity contribution in [1.29, 1.82) is 0 Å². The molecule has 0 aliphatic heterocycles. The fourth-order valence-corrected chi connectivity index (χ4v) is 3.67. The van der Waals surface area contributed by atoms with Crippen molar-refractivity contribution in [1.82, 2.24) is 0 Å². The van der Waals surface area contributed by atoms with E-state index in [9.17, 15) is 9.90 Å². The van der Waals surface area contributed by atoms with Gasteiger partial charge in [0.2, 0.25) is 0 Å². The van der Waals surface area contributed by atoms with Gasteiger partial charge in [-0.2, -0.15) is 0 Å². The second-order valence-corrected chi connectivity index (χ2v) is 6.38. The zero-order chi connectivity index (χ0) is 13.0. The van der Waals surface area contributed by atoms with Crippen LogP contribution in [0.4, 0.5) is 0 Å². The molecule has 4 atom stereocenters. The highest BCUT2D eigenvalue weighted by atomic mass is 16.6. The standard InChI is InChI=1S/C14H22O3/c1-8(2)12(16)17-11-10(15)9-6-7-14(11,5)13(9,3)4/h9-11,15H,1,6-7H2,2-5H3. The predicted molar refractivity (Wildman–Crippen MR) is 65.3 cm³/mol. The van der Waals surface area contributed by atoms with Gasteiger partial charge in [0, 0.05) is 11.0 Å². The fraction of sp³-hybridized carbons (Fsp3) is 0.786. The molecule has 1 N–H and O–H groups in total. The number of aliphatic hydroxyl groups excluding tert-OH is 1. The molecular weight excluding hydrogens is 216 g/mol. The minimum absolute atomic E-state index is 0.0203. The van der Waals surface area contributed by atoms with Crippen molar-refractivity contribution in [2.75, 3.05) is 0 Å². The lowest BCUT2D eigenvalue weighted by Crippen LogP contribution is -2.43. The smallest absolute Gasteiger partial charge is 0.333 e. The van der Waals surface area contributed by atoms with Gasteiger partial charge in [0.15, 0.2) is 0 Å². The monoisotopic (exact) mass is 238 g/mol. The molecule has 0 radical (unpaired) electrons. The normalized spacial score (nSPS) is 42.5. The minimum Gasteiger partial charge on any atom is -0.456 e. The Morgan fingerprint density at radius 1 is 1.41 bits per heavy atom. The van der Waals surface area contributed by atoms with E-state index in [1.807, 2.05) is 0 Å². The third-order valence-electron chi connectivity index (χ3n) is 5.31. The molecule has 2 bridgehead atoms.